The van der Waals surface area contributed by atoms with Crippen molar-refractivity contribution in [3.8, 4) is 0 Å². The van der Waals surface area contributed by atoms with Gasteiger partial charge in [0.05, 0.1) is 26.4 Å². The second kappa shape index (κ2) is 73.0. The lowest BCUT2D eigenvalue weighted by Gasteiger charge is -2.21. The first-order valence-corrected chi connectivity index (χ1v) is 44.6. The van der Waals surface area contributed by atoms with Gasteiger partial charge in [-0.2, -0.15) is 0 Å². The molecular weight excluding hydrogens is 1290 g/mol. The van der Waals surface area contributed by atoms with Crippen LogP contribution in [0.2, 0.25) is 0 Å². The number of carbonyl (C=O) groups is 4. The number of hydrogen-bond donors (Lipinski definition) is 3. The van der Waals surface area contributed by atoms with Gasteiger partial charge in [0.25, 0.3) is 0 Å². The smallest absolute Gasteiger partial charge is 0.462 e. The van der Waals surface area contributed by atoms with Crippen LogP contribution in [0.4, 0.5) is 0 Å². The molecule has 0 aromatic rings. The first kappa shape index (κ1) is 97.1. The Balaban J connectivity index is 5.25. The number of ether oxygens (including phenoxy) is 4. The topological polar surface area (TPSA) is 237 Å². The van der Waals surface area contributed by atoms with E-state index < -0.39 is 97.5 Å². The van der Waals surface area contributed by atoms with Crippen molar-refractivity contribution in [2.24, 2.45) is 5.92 Å². The summed E-state index contributed by atoms with van der Waals surface area (Å²) in [6.45, 7) is 7.32. The highest BCUT2D eigenvalue weighted by atomic mass is 31.2. The van der Waals surface area contributed by atoms with E-state index in [1.165, 1.54) is 250 Å². The minimum Gasteiger partial charge on any atom is -0.462 e. The number of hydrogen-bond acceptors (Lipinski definition) is 15. The van der Waals surface area contributed by atoms with Crippen molar-refractivity contribution < 1.29 is 80.2 Å². The fraction of sp³-hybridized carbons (Fsp3) is 0.950. The maximum absolute atomic E-state index is 13.1. The van der Waals surface area contributed by atoms with Gasteiger partial charge in [-0.15, -0.1) is 0 Å². The van der Waals surface area contributed by atoms with Crippen molar-refractivity contribution in [2.75, 3.05) is 39.6 Å². The van der Waals surface area contributed by atoms with Crippen LogP contribution in [0.3, 0.4) is 0 Å². The molecule has 0 amide bonds. The number of aliphatic hydroxyl groups is 1. The van der Waals surface area contributed by atoms with E-state index in [4.69, 9.17) is 37.0 Å². The zero-order valence-electron chi connectivity index (χ0n) is 64.6. The minimum absolute atomic E-state index is 0.107. The van der Waals surface area contributed by atoms with Crippen LogP contribution in [0.25, 0.3) is 0 Å². The molecule has 0 aromatic carbocycles. The number of carbonyl (C=O) groups excluding carboxylic acids is 4. The van der Waals surface area contributed by atoms with Crippen molar-refractivity contribution in [2.45, 2.75) is 445 Å². The molecule has 0 heterocycles. The number of phosphoric acid groups is 2. The molecule has 0 rings (SSSR count). The van der Waals surface area contributed by atoms with Crippen LogP contribution >= 0.6 is 15.6 Å². The molecule has 0 aliphatic carbocycles. The van der Waals surface area contributed by atoms with Gasteiger partial charge in [-0.25, -0.2) is 9.13 Å². The molecule has 17 nitrogen and oxygen atoms in total. The number of unbranched alkanes of at least 4 members (excludes halogenated alkanes) is 52. The summed E-state index contributed by atoms with van der Waals surface area (Å²) < 4.78 is 68.7. The van der Waals surface area contributed by atoms with Crippen LogP contribution in [0.1, 0.15) is 426 Å². The van der Waals surface area contributed by atoms with E-state index in [1.807, 2.05) is 0 Å². The third-order valence-corrected chi connectivity index (χ3v) is 20.7. The van der Waals surface area contributed by atoms with E-state index in [2.05, 4.69) is 34.6 Å². The Morgan fingerprint density at radius 3 is 0.687 bits per heavy atom. The number of phosphoric ester groups is 2. The summed E-state index contributed by atoms with van der Waals surface area (Å²) >= 11 is 0. The summed E-state index contributed by atoms with van der Waals surface area (Å²) in [6, 6.07) is 0. The molecule has 2 unspecified atom stereocenters. The number of rotatable bonds is 80. The third-order valence-electron chi connectivity index (χ3n) is 18.8. The quantitative estimate of drug-likeness (QED) is 0.0222. The molecular formula is C80H156O17P2. The monoisotopic (exact) mass is 1450 g/mol. The van der Waals surface area contributed by atoms with Crippen LogP contribution < -0.4 is 0 Å². The molecule has 0 fully saturated rings. The predicted octanol–water partition coefficient (Wildman–Crippen LogP) is 24.0. The number of esters is 4. The van der Waals surface area contributed by atoms with Gasteiger partial charge in [0.2, 0.25) is 0 Å². The molecule has 0 aliphatic heterocycles. The van der Waals surface area contributed by atoms with Gasteiger partial charge in [-0.3, -0.25) is 37.3 Å². The second-order valence-corrected chi connectivity index (χ2v) is 32.2. The highest BCUT2D eigenvalue weighted by Gasteiger charge is 2.30. The lowest BCUT2D eigenvalue weighted by Crippen LogP contribution is -2.30. The molecule has 0 bridgehead atoms. The van der Waals surface area contributed by atoms with E-state index in [0.717, 1.165) is 95.8 Å². The van der Waals surface area contributed by atoms with Crippen LogP contribution in [0, 0.1) is 5.92 Å². The van der Waals surface area contributed by atoms with Gasteiger partial charge in [0, 0.05) is 25.7 Å². The lowest BCUT2D eigenvalue weighted by molar-refractivity contribution is -0.161. The molecule has 99 heavy (non-hydrogen) atoms. The van der Waals surface area contributed by atoms with Crippen molar-refractivity contribution in [1.29, 1.82) is 0 Å². The van der Waals surface area contributed by atoms with Crippen molar-refractivity contribution >= 4 is 39.5 Å². The average Bonchev–Trinajstić information content (AvgIpc) is 1.23. The first-order chi connectivity index (χ1) is 48.0. The Hall–Kier alpha value is -1.94. The molecule has 0 spiro atoms. The second-order valence-electron chi connectivity index (χ2n) is 29.3. The molecule has 0 aliphatic rings. The van der Waals surface area contributed by atoms with Gasteiger partial charge in [-0.1, -0.05) is 375 Å². The largest absolute Gasteiger partial charge is 0.472 e. The minimum atomic E-state index is -4.96. The van der Waals surface area contributed by atoms with E-state index in [0.29, 0.717) is 25.7 Å². The molecule has 0 aromatic heterocycles. The molecule has 0 saturated heterocycles. The molecule has 588 valence electrons. The summed E-state index contributed by atoms with van der Waals surface area (Å²) in [6.07, 6.45) is 63.7. The van der Waals surface area contributed by atoms with Crippen molar-refractivity contribution in [3.05, 3.63) is 0 Å². The summed E-state index contributed by atoms with van der Waals surface area (Å²) in [5, 5.41) is 10.6. The normalized spacial score (nSPS) is 13.9. The van der Waals surface area contributed by atoms with E-state index in [-0.39, 0.29) is 25.7 Å². The van der Waals surface area contributed by atoms with E-state index >= 15 is 0 Å². The Labute approximate surface area is 607 Å². The summed E-state index contributed by atoms with van der Waals surface area (Å²) in [5.74, 6) is -1.35. The molecule has 5 atom stereocenters. The van der Waals surface area contributed by atoms with Gasteiger partial charge in [0.1, 0.15) is 19.3 Å². The van der Waals surface area contributed by atoms with Crippen LogP contribution in [0.15, 0.2) is 0 Å². The molecule has 19 heteroatoms. The Morgan fingerprint density at radius 1 is 0.273 bits per heavy atom. The predicted molar refractivity (Wildman–Crippen MR) is 405 cm³/mol. The SMILES string of the molecule is CCCCCCCCCCCCCCCCCCCCC(=O)O[C@H](COC(=O)CCCCCCCCCCCCCCCCCC)COP(=O)(O)OC[C@@H](O)COP(=O)(O)OC[C@@H](COC(=O)CCCCCCCCCCCCCC)OC(=O)CCCCCCCCCCCCC(C)C. The Morgan fingerprint density at radius 2 is 0.465 bits per heavy atom. The summed E-state index contributed by atoms with van der Waals surface area (Å²) in [7, 11) is -9.92. The van der Waals surface area contributed by atoms with Crippen molar-refractivity contribution in [1.82, 2.24) is 0 Å². The summed E-state index contributed by atoms with van der Waals surface area (Å²) in [5.41, 5.74) is 0. The van der Waals surface area contributed by atoms with Crippen LogP contribution in [-0.4, -0.2) is 96.7 Å². The van der Waals surface area contributed by atoms with Gasteiger partial charge >= 0.3 is 39.5 Å². The fourth-order valence-corrected chi connectivity index (χ4v) is 14.0. The van der Waals surface area contributed by atoms with Gasteiger partial charge in [0.15, 0.2) is 12.2 Å². The van der Waals surface area contributed by atoms with Crippen LogP contribution in [-0.2, 0) is 65.4 Å². The average molecular weight is 1450 g/mol. The highest BCUT2D eigenvalue weighted by Crippen LogP contribution is 2.45. The third kappa shape index (κ3) is 74.1. The zero-order valence-corrected chi connectivity index (χ0v) is 66.4. The zero-order chi connectivity index (χ0) is 72.7. The van der Waals surface area contributed by atoms with Gasteiger partial charge in [-0.05, 0) is 31.6 Å². The number of aliphatic hydroxyl groups excluding tert-OH is 1. The maximum atomic E-state index is 13.1. The fourth-order valence-electron chi connectivity index (χ4n) is 12.4. The van der Waals surface area contributed by atoms with Gasteiger partial charge < -0.3 is 33.8 Å². The Kier molecular flexibility index (Phi) is 71.6. The lowest BCUT2D eigenvalue weighted by atomic mass is 10.0. The standard InChI is InChI=1S/C80H156O17P2/c1-6-9-12-15-18-21-24-27-29-31-32-34-36-39-45-50-55-60-65-79(84)96-75(69-91-78(83)64-59-54-49-44-38-35-33-30-28-25-22-19-16-13-10-7-2)71-94-98(86,87)92-67-74(81)68-93-99(88,89)95-72-76(70-90-77(82)63-58-53-48-43-37-26-23-20-17-14-11-8-3)97-80(85)66-61-56-51-46-41-40-42-47-52-57-62-73(4)5/h73-76,81H,6-72H2,1-5H3,(H,86,87)(H,88,89)/t74-,75-,76-/m1/s1. The van der Waals surface area contributed by atoms with Crippen LogP contribution in [0.5, 0.6) is 0 Å². The first-order valence-electron chi connectivity index (χ1n) is 41.6. The van der Waals surface area contributed by atoms with Crippen molar-refractivity contribution in [3.63, 3.8) is 0 Å². The highest BCUT2D eigenvalue weighted by molar-refractivity contribution is 7.47. The summed E-state index contributed by atoms with van der Waals surface area (Å²) in [4.78, 5) is 73.0. The molecule has 0 radical (unpaired) electrons. The van der Waals surface area contributed by atoms with E-state index in [1.54, 1.807) is 0 Å². The maximum Gasteiger partial charge on any atom is 0.472 e. The molecule has 3 N–H and O–H groups in total. The molecule has 0 saturated carbocycles. The van der Waals surface area contributed by atoms with E-state index in [9.17, 15) is 43.2 Å². The Bertz CT molecular complexity index is 1890.